The van der Waals surface area contributed by atoms with Crippen LogP contribution < -0.4 is 0 Å². The SMILES string of the molecule is COCCN(C)CCc1c[nH]c2ccc(SC)cc12. The fourth-order valence-electron chi connectivity index (χ4n) is 2.16. The molecule has 0 fully saturated rings. The molecule has 0 radical (unpaired) electrons. The lowest BCUT2D eigenvalue weighted by Crippen LogP contribution is -2.25. The van der Waals surface area contributed by atoms with Crippen molar-refractivity contribution in [3.63, 3.8) is 0 Å². The minimum absolute atomic E-state index is 0.793. The maximum absolute atomic E-state index is 5.10. The minimum atomic E-state index is 0.793. The second-order valence-corrected chi connectivity index (χ2v) is 5.65. The van der Waals surface area contributed by atoms with Crippen LogP contribution in [0.25, 0.3) is 10.9 Å². The second kappa shape index (κ2) is 6.98. The van der Waals surface area contributed by atoms with E-state index in [0.717, 1.165) is 26.1 Å². The maximum atomic E-state index is 5.10. The predicted molar refractivity (Wildman–Crippen MR) is 83.2 cm³/mol. The van der Waals surface area contributed by atoms with Crippen LogP contribution in [0, 0.1) is 0 Å². The van der Waals surface area contributed by atoms with Gasteiger partial charge in [0.15, 0.2) is 0 Å². The van der Waals surface area contributed by atoms with Crippen LogP contribution in [0.5, 0.6) is 0 Å². The standard InChI is InChI=1S/C15H22N2OS/c1-17(8-9-18-2)7-6-12-11-16-15-5-4-13(19-3)10-14(12)15/h4-5,10-11,16H,6-9H2,1-3H3. The second-order valence-electron chi connectivity index (χ2n) is 4.77. The summed E-state index contributed by atoms with van der Waals surface area (Å²) in [5, 5.41) is 1.35. The molecule has 1 aromatic carbocycles. The molecule has 0 bridgehead atoms. The first kappa shape index (κ1) is 14.4. The number of aromatic amines is 1. The number of ether oxygens (including phenoxy) is 1. The molecule has 19 heavy (non-hydrogen) atoms. The van der Waals surface area contributed by atoms with Crippen molar-refractivity contribution in [1.82, 2.24) is 9.88 Å². The molecule has 2 rings (SSSR count). The summed E-state index contributed by atoms with van der Waals surface area (Å²) in [7, 11) is 3.89. The third-order valence-corrected chi connectivity index (χ3v) is 4.14. The molecule has 2 aromatic rings. The van der Waals surface area contributed by atoms with Crippen LogP contribution in [0.3, 0.4) is 0 Å². The van der Waals surface area contributed by atoms with Gasteiger partial charge in [0.2, 0.25) is 0 Å². The average Bonchev–Trinajstić information content (AvgIpc) is 2.84. The van der Waals surface area contributed by atoms with Gasteiger partial charge in [0.1, 0.15) is 0 Å². The van der Waals surface area contributed by atoms with E-state index < -0.39 is 0 Å². The van der Waals surface area contributed by atoms with Gasteiger partial charge in [0, 0.05) is 42.2 Å². The Kier molecular flexibility index (Phi) is 5.31. The van der Waals surface area contributed by atoms with Crippen molar-refractivity contribution in [2.24, 2.45) is 0 Å². The zero-order valence-electron chi connectivity index (χ0n) is 11.9. The Morgan fingerprint density at radius 2 is 2.16 bits per heavy atom. The number of rotatable bonds is 7. The van der Waals surface area contributed by atoms with E-state index in [4.69, 9.17) is 4.74 Å². The zero-order valence-corrected chi connectivity index (χ0v) is 12.7. The summed E-state index contributed by atoms with van der Waals surface area (Å²) >= 11 is 1.79. The smallest absolute Gasteiger partial charge is 0.0589 e. The maximum Gasteiger partial charge on any atom is 0.0589 e. The largest absolute Gasteiger partial charge is 0.383 e. The monoisotopic (exact) mass is 278 g/mol. The van der Waals surface area contributed by atoms with Gasteiger partial charge in [-0.15, -0.1) is 11.8 Å². The van der Waals surface area contributed by atoms with Gasteiger partial charge in [-0.2, -0.15) is 0 Å². The van der Waals surface area contributed by atoms with Gasteiger partial charge in [-0.1, -0.05) is 0 Å². The van der Waals surface area contributed by atoms with Gasteiger partial charge in [-0.05, 0) is 43.5 Å². The van der Waals surface area contributed by atoms with E-state index in [2.05, 4.69) is 47.6 Å². The van der Waals surface area contributed by atoms with Gasteiger partial charge in [-0.3, -0.25) is 0 Å². The lowest BCUT2D eigenvalue weighted by atomic mass is 10.1. The van der Waals surface area contributed by atoms with Crippen LogP contribution in [-0.2, 0) is 11.2 Å². The predicted octanol–water partition coefficient (Wildman–Crippen LogP) is 3.01. The number of thioether (sulfide) groups is 1. The van der Waals surface area contributed by atoms with Crippen LogP contribution in [0.4, 0.5) is 0 Å². The summed E-state index contributed by atoms with van der Waals surface area (Å²) in [5.41, 5.74) is 2.63. The molecule has 0 amide bonds. The molecular weight excluding hydrogens is 256 g/mol. The Labute approximate surface area is 119 Å². The summed E-state index contributed by atoms with van der Waals surface area (Å²) in [6.07, 6.45) is 5.32. The van der Waals surface area contributed by atoms with Crippen LogP contribution in [0.15, 0.2) is 29.3 Å². The van der Waals surface area contributed by atoms with E-state index in [1.165, 1.54) is 21.4 Å². The Morgan fingerprint density at radius 1 is 1.32 bits per heavy atom. The lowest BCUT2D eigenvalue weighted by molar-refractivity contribution is 0.162. The molecule has 0 aliphatic rings. The number of nitrogens with one attached hydrogen (secondary N) is 1. The third kappa shape index (κ3) is 3.75. The minimum Gasteiger partial charge on any atom is -0.383 e. The van der Waals surface area contributed by atoms with Crippen LogP contribution in [0.2, 0.25) is 0 Å². The van der Waals surface area contributed by atoms with E-state index in [1.807, 2.05) is 0 Å². The Bertz CT molecular complexity index is 524. The van der Waals surface area contributed by atoms with Gasteiger partial charge in [0.05, 0.1) is 6.61 Å². The van der Waals surface area contributed by atoms with Gasteiger partial charge < -0.3 is 14.6 Å². The first-order chi connectivity index (χ1) is 9.24. The number of fused-ring (bicyclic) bond motifs is 1. The number of nitrogens with zero attached hydrogens (tertiary/aromatic N) is 1. The number of hydrogen-bond donors (Lipinski definition) is 1. The van der Waals surface area contributed by atoms with Gasteiger partial charge >= 0.3 is 0 Å². The highest BCUT2D eigenvalue weighted by molar-refractivity contribution is 7.98. The van der Waals surface area contributed by atoms with Crippen LogP contribution in [0.1, 0.15) is 5.56 Å². The van der Waals surface area contributed by atoms with Crippen molar-refractivity contribution in [1.29, 1.82) is 0 Å². The summed E-state index contributed by atoms with van der Waals surface area (Å²) in [4.78, 5) is 6.98. The van der Waals surface area contributed by atoms with Crippen molar-refractivity contribution in [3.8, 4) is 0 Å². The Morgan fingerprint density at radius 3 is 2.89 bits per heavy atom. The molecule has 0 aliphatic carbocycles. The molecular formula is C15H22N2OS. The van der Waals surface area contributed by atoms with E-state index >= 15 is 0 Å². The normalized spacial score (nSPS) is 11.6. The first-order valence-electron chi connectivity index (χ1n) is 6.56. The van der Waals surface area contributed by atoms with Crippen molar-refractivity contribution in [2.75, 3.05) is 40.1 Å². The highest BCUT2D eigenvalue weighted by atomic mass is 32.2. The number of hydrogen-bond acceptors (Lipinski definition) is 3. The summed E-state index contributed by atoms with van der Waals surface area (Å²) < 4.78 is 5.10. The van der Waals surface area contributed by atoms with Crippen molar-refractivity contribution >= 4 is 22.7 Å². The first-order valence-corrected chi connectivity index (χ1v) is 7.78. The van der Waals surface area contributed by atoms with Crippen molar-refractivity contribution < 1.29 is 4.74 Å². The van der Waals surface area contributed by atoms with E-state index in [0.29, 0.717) is 0 Å². The number of likely N-dealkylation sites (N-methyl/N-ethyl adjacent to an activating group) is 1. The van der Waals surface area contributed by atoms with E-state index in [1.54, 1.807) is 18.9 Å². The van der Waals surface area contributed by atoms with Crippen molar-refractivity contribution in [3.05, 3.63) is 30.0 Å². The molecule has 0 saturated heterocycles. The van der Waals surface area contributed by atoms with Gasteiger partial charge in [0.25, 0.3) is 0 Å². The molecule has 1 aromatic heterocycles. The fraction of sp³-hybridized carbons (Fsp3) is 0.467. The average molecular weight is 278 g/mol. The summed E-state index contributed by atoms with van der Waals surface area (Å²) in [6.45, 7) is 2.83. The highest BCUT2D eigenvalue weighted by Gasteiger charge is 2.06. The Balaban J connectivity index is 2.04. The lowest BCUT2D eigenvalue weighted by Gasteiger charge is -2.15. The number of methoxy groups -OCH3 is 1. The number of H-pyrrole nitrogens is 1. The van der Waals surface area contributed by atoms with E-state index in [9.17, 15) is 0 Å². The molecule has 0 spiro atoms. The van der Waals surface area contributed by atoms with Gasteiger partial charge in [-0.25, -0.2) is 0 Å². The Hall–Kier alpha value is -0.970. The molecule has 1 N–H and O–H groups in total. The molecule has 4 heteroatoms. The molecule has 0 saturated carbocycles. The molecule has 0 aliphatic heterocycles. The summed E-state index contributed by atoms with van der Waals surface area (Å²) in [6, 6.07) is 6.61. The molecule has 0 unspecified atom stereocenters. The molecule has 3 nitrogen and oxygen atoms in total. The van der Waals surface area contributed by atoms with E-state index in [-0.39, 0.29) is 0 Å². The third-order valence-electron chi connectivity index (χ3n) is 3.41. The molecule has 1 heterocycles. The fourth-order valence-corrected chi connectivity index (χ4v) is 2.60. The van der Waals surface area contributed by atoms with Crippen molar-refractivity contribution in [2.45, 2.75) is 11.3 Å². The molecule has 0 atom stereocenters. The zero-order chi connectivity index (χ0) is 13.7. The number of benzene rings is 1. The quantitative estimate of drug-likeness (QED) is 0.789. The molecule has 104 valence electrons. The summed E-state index contributed by atoms with van der Waals surface area (Å²) in [5.74, 6) is 0. The van der Waals surface area contributed by atoms with Crippen LogP contribution >= 0.6 is 11.8 Å². The highest BCUT2D eigenvalue weighted by Crippen LogP contribution is 2.24. The topological polar surface area (TPSA) is 28.3 Å². The van der Waals surface area contributed by atoms with Crippen LogP contribution in [-0.4, -0.2) is 50.0 Å². The number of aromatic nitrogens is 1.